The molecule has 0 aromatic carbocycles. The number of halogens is 1. The third kappa shape index (κ3) is 10.5. The summed E-state index contributed by atoms with van der Waals surface area (Å²) >= 11 is 7.57. The van der Waals surface area contributed by atoms with E-state index in [1.54, 1.807) is 7.11 Å². The van der Waals surface area contributed by atoms with Crippen LogP contribution in [0.15, 0.2) is 0 Å². The molecule has 13 heavy (non-hydrogen) atoms. The molecule has 2 nitrogen and oxygen atoms in total. The van der Waals surface area contributed by atoms with Crippen LogP contribution in [0.5, 0.6) is 0 Å². The summed E-state index contributed by atoms with van der Waals surface area (Å²) in [6.45, 7) is 4.35. The summed E-state index contributed by atoms with van der Waals surface area (Å²) in [4.78, 5) is 0. The lowest BCUT2D eigenvalue weighted by Gasteiger charge is -2.06. The minimum absolute atomic E-state index is 0.602. The standard InChI is InChI=1S/C9H19ClO2S/c1-9(7-10)8-13-6-5-12-4-3-11-2/h9H,3-8H2,1-2H3. The Morgan fingerprint density at radius 2 is 2.08 bits per heavy atom. The van der Waals surface area contributed by atoms with E-state index in [1.165, 1.54) is 0 Å². The number of hydrogen-bond donors (Lipinski definition) is 0. The summed E-state index contributed by atoms with van der Waals surface area (Å²) in [6, 6.07) is 0. The second-order valence-corrected chi connectivity index (χ2v) is 4.40. The molecule has 0 saturated carbocycles. The lowest BCUT2D eigenvalue weighted by molar-refractivity contribution is 0.0790. The lowest BCUT2D eigenvalue weighted by atomic mass is 10.3. The Kier molecular flexibility index (Phi) is 11.1. The van der Waals surface area contributed by atoms with E-state index in [0.717, 1.165) is 24.0 Å². The van der Waals surface area contributed by atoms with Gasteiger partial charge in [-0.15, -0.1) is 11.6 Å². The maximum Gasteiger partial charge on any atom is 0.0700 e. The monoisotopic (exact) mass is 226 g/mol. The molecule has 0 aromatic heterocycles. The Labute approximate surface area is 90.3 Å². The van der Waals surface area contributed by atoms with E-state index in [9.17, 15) is 0 Å². The molecule has 0 N–H and O–H groups in total. The van der Waals surface area contributed by atoms with Gasteiger partial charge in [-0.1, -0.05) is 6.92 Å². The molecule has 0 heterocycles. The van der Waals surface area contributed by atoms with Crippen LogP contribution in [-0.4, -0.2) is 44.3 Å². The van der Waals surface area contributed by atoms with Crippen LogP contribution in [0.4, 0.5) is 0 Å². The summed E-state index contributed by atoms with van der Waals surface area (Å²) in [6.07, 6.45) is 0. The van der Waals surface area contributed by atoms with E-state index in [-0.39, 0.29) is 0 Å². The number of hydrogen-bond acceptors (Lipinski definition) is 3. The van der Waals surface area contributed by atoms with Crippen molar-refractivity contribution in [2.45, 2.75) is 6.92 Å². The van der Waals surface area contributed by atoms with Gasteiger partial charge in [0.15, 0.2) is 0 Å². The predicted octanol–water partition coefficient (Wildman–Crippen LogP) is 2.26. The Hall–Kier alpha value is 0.560. The second kappa shape index (κ2) is 10.6. The van der Waals surface area contributed by atoms with Crippen molar-refractivity contribution in [3.05, 3.63) is 0 Å². The molecule has 80 valence electrons. The van der Waals surface area contributed by atoms with E-state index in [0.29, 0.717) is 19.1 Å². The molecule has 0 saturated heterocycles. The molecule has 4 heteroatoms. The molecule has 0 radical (unpaired) electrons. The highest BCUT2D eigenvalue weighted by atomic mass is 35.5. The van der Waals surface area contributed by atoms with Crippen molar-refractivity contribution in [3.63, 3.8) is 0 Å². The zero-order chi connectivity index (χ0) is 9.94. The topological polar surface area (TPSA) is 18.5 Å². The average Bonchev–Trinajstić information content (AvgIpc) is 2.16. The molecule has 0 aliphatic rings. The molecule has 0 fully saturated rings. The zero-order valence-corrected chi connectivity index (χ0v) is 10.00. The van der Waals surface area contributed by atoms with Gasteiger partial charge in [0.1, 0.15) is 0 Å². The van der Waals surface area contributed by atoms with E-state index in [2.05, 4.69) is 6.92 Å². The van der Waals surface area contributed by atoms with Gasteiger partial charge in [0.05, 0.1) is 19.8 Å². The fourth-order valence-electron chi connectivity index (χ4n) is 0.691. The summed E-state index contributed by atoms with van der Waals surface area (Å²) in [5.74, 6) is 3.52. The summed E-state index contributed by atoms with van der Waals surface area (Å²) in [5.41, 5.74) is 0. The van der Waals surface area contributed by atoms with Crippen LogP contribution in [0, 0.1) is 5.92 Å². The van der Waals surface area contributed by atoms with Crippen molar-refractivity contribution in [2.24, 2.45) is 5.92 Å². The minimum atomic E-state index is 0.602. The van der Waals surface area contributed by atoms with E-state index >= 15 is 0 Å². The molecule has 0 amide bonds. The van der Waals surface area contributed by atoms with Gasteiger partial charge < -0.3 is 9.47 Å². The number of rotatable bonds is 9. The van der Waals surface area contributed by atoms with Crippen molar-refractivity contribution >= 4 is 23.4 Å². The number of methoxy groups -OCH3 is 1. The number of ether oxygens (including phenoxy) is 2. The Morgan fingerprint density at radius 1 is 1.31 bits per heavy atom. The van der Waals surface area contributed by atoms with Gasteiger partial charge in [-0.05, 0) is 11.7 Å². The van der Waals surface area contributed by atoms with Crippen LogP contribution in [-0.2, 0) is 9.47 Å². The minimum Gasteiger partial charge on any atom is -0.382 e. The van der Waals surface area contributed by atoms with Gasteiger partial charge in [0.25, 0.3) is 0 Å². The van der Waals surface area contributed by atoms with Crippen LogP contribution in [0.3, 0.4) is 0 Å². The molecule has 1 unspecified atom stereocenters. The van der Waals surface area contributed by atoms with Gasteiger partial charge in [-0.2, -0.15) is 11.8 Å². The maximum absolute atomic E-state index is 5.67. The van der Waals surface area contributed by atoms with Crippen molar-refractivity contribution in [2.75, 3.05) is 44.3 Å². The fraction of sp³-hybridized carbons (Fsp3) is 1.00. The zero-order valence-electron chi connectivity index (χ0n) is 8.42. The first-order chi connectivity index (χ1) is 6.31. The van der Waals surface area contributed by atoms with Gasteiger partial charge in [-0.3, -0.25) is 0 Å². The Balaban J connectivity index is 2.91. The maximum atomic E-state index is 5.67. The first kappa shape index (κ1) is 13.6. The molecular formula is C9H19ClO2S. The van der Waals surface area contributed by atoms with Crippen LogP contribution >= 0.6 is 23.4 Å². The molecular weight excluding hydrogens is 208 g/mol. The third-order valence-corrected chi connectivity index (χ3v) is 3.26. The van der Waals surface area contributed by atoms with Gasteiger partial charge in [-0.25, -0.2) is 0 Å². The molecule has 0 bridgehead atoms. The molecule has 0 rings (SSSR count). The van der Waals surface area contributed by atoms with Crippen LogP contribution in [0.25, 0.3) is 0 Å². The third-order valence-electron chi connectivity index (χ3n) is 1.47. The first-order valence-corrected chi connectivity index (χ1v) is 6.20. The first-order valence-electron chi connectivity index (χ1n) is 4.51. The van der Waals surface area contributed by atoms with Gasteiger partial charge >= 0.3 is 0 Å². The Morgan fingerprint density at radius 3 is 2.69 bits per heavy atom. The highest BCUT2D eigenvalue weighted by molar-refractivity contribution is 7.99. The van der Waals surface area contributed by atoms with Crippen LogP contribution in [0.2, 0.25) is 0 Å². The Bertz CT molecular complexity index is 104. The van der Waals surface area contributed by atoms with Crippen molar-refractivity contribution in [1.29, 1.82) is 0 Å². The van der Waals surface area contributed by atoms with E-state index in [4.69, 9.17) is 21.1 Å². The summed E-state index contributed by atoms with van der Waals surface area (Å²) < 4.78 is 10.2. The SMILES string of the molecule is COCCOCCSCC(C)CCl. The lowest BCUT2D eigenvalue weighted by Crippen LogP contribution is -2.06. The molecule has 0 aromatic rings. The van der Waals surface area contributed by atoms with Gasteiger partial charge in [0.2, 0.25) is 0 Å². The highest BCUT2D eigenvalue weighted by Gasteiger charge is 1.98. The van der Waals surface area contributed by atoms with Crippen molar-refractivity contribution < 1.29 is 9.47 Å². The second-order valence-electron chi connectivity index (χ2n) is 2.94. The smallest absolute Gasteiger partial charge is 0.0700 e. The van der Waals surface area contributed by atoms with E-state index in [1.807, 2.05) is 11.8 Å². The molecule has 0 spiro atoms. The number of alkyl halides is 1. The largest absolute Gasteiger partial charge is 0.382 e. The molecule has 0 aliphatic heterocycles. The number of thioether (sulfide) groups is 1. The fourth-order valence-corrected chi connectivity index (χ4v) is 1.85. The quantitative estimate of drug-likeness (QED) is 0.444. The molecule has 1 atom stereocenters. The molecule has 0 aliphatic carbocycles. The van der Waals surface area contributed by atoms with Crippen molar-refractivity contribution in [3.8, 4) is 0 Å². The van der Waals surface area contributed by atoms with Gasteiger partial charge in [0, 0.05) is 18.7 Å². The highest BCUT2D eigenvalue weighted by Crippen LogP contribution is 2.08. The average molecular weight is 227 g/mol. The van der Waals surface area contributed by atoms with Crippen LogP contribution in [0.1, 0.15) is 6.92 Å². The van der Waals surface area contributed by atoms with Crippen molar-refractivity contribution in [1.82, 2.24) is 0 Å². The van der Waals surface area contributed by atoms with E-state index < -0.39 is 0 Å². The van der Waals surface area contributed by atoms with Crippen LogP contribution < -0.4 is 0 Å². The summed E-state index contributed by atoms with van der Waals surface area (Å²) in [7, 11) is 1.68. The normalized spacial score (nSPS) is 13.2. The predicted molar refractivity (Wildman–Crippen MR) is 59.9 cm³/mol. The summed E-state index contributed by atoms with van der Waals surface area (Å²) in [5, 5.41) is 0.